The summed E-state index contributed by atoms with van der Waals surface area (Å²) in [5.41, 5.74) is 4.87. The number of nitrogens with one attached hydrogen (secondary N) is 2. The van der Waals surface area contributed by atoms with E-state index < -0.39 is 6.16 Å². The quantitative estimate of drug-likeness (QED) is 0.458. The van der Waals surface area contributed by atoms with Crippen molar-refractivity contribution in [2.24, 2.45) is 0 Å². The van der Waals surface area contributed by atoms with E-state index in [4.69, 9.17) is 9.84 Å². The maximum absolute atomic E-state index is 10.8. The molecule has 0 bridgehead atoms. The third-order valence-corrected chi connectivity index (χ3v) is 5.07. The van der Waals surface area contributed by atoms with Crippen LogP contribution in [0, 0.1) is 0 Å². The number of aromatic amines is 1. The van der Waals surface area contributed by atoms with Gasteiger partial charge < -0.3 is 20.1 Å². The van der Waals surface area contributed by atoms with E-state index in [0.29, 0.717) is 11.8 Å². The molecule has 1 aliphatic heterocycles. The summed E-state index contributed by atoms with van der Waals surface area (Å²) < 4.78 is 4.79. The Morgan fingerprint density at radius 2 is 2.04 bits per heavy atom. The lowest BCUT2D eigenvalue weighted by molar-refractivity contribution is 0.144. The first-order valence-corrected chi connectivity index (χ1v) is 9.17. The Kier molecular flexibility index (Phi) is 4.94. The van der Waals surface area contributed by atoms with Crippen molar-refractivity contribution in [3.63, 3.8) is 0 Å². The SMILES string of the molecule is O=C(O)Oc1ccc2[nH]cc(CCC3CC(c4ccccc4)=CCN3)c2c1. The average Bonchev–Trinajstić information content (AvgIpc) is 3.09. The van der Waals surface area contributed by atoms with Gasteiger partial charge >= 0.3 is 6.16 Å². The summed E-state index contributed by atoms with van der Waals surface area (Å²) in [7, 11) is 0. The summed E-state index contributed by atoms with van der Waals surface area (Å²) in [6.07, 6.45) is 5.92. The first kappa shape index (κ1) is 17.4. The normalized spacial score (nSPS) is 16.9. The molecule has 5 nitrogen and oxygen atoms in total. The lowest BCUT2D eigenvalue weighted by atomic mass is 9.92. The molecule has 1 atom stereocenters. The standard InChI is InChI=1S/C22H22N2O3/c25-22(26)27-19-8-9-21-20(13-19)17(14-24-21)6-7-18-12-16(10-11-23-18)15-4-2-1-3-5-15/h1-5,8-10,13-14,18,23-24H,6-7,11-12H2,(H,25,26). The first-order valence-electron chi connectivity index (χ1n) is 9.17. The molecule has 0 amide bonds. The van der Waals surface area contributed by atoms with Crippen LogP contribution < -0.4 is 10.1 Å². The third kappa shape index (κ3) is 4.04. The minimum Gasteiger partial charge on any atom is -0.449 e. The van der Waals surface area contributed by atoms with Crippen LogP contribution >= 0.6 is 0 Å². The molecular weight excluding hydrogens is 340 g/mol. The Morgan fingerprint density at radius 3 is 2.85 bits per heavy atom. The van der Waals surface area contributed by atoms with Crippen LogP contribution in [0.25, 0.3) is 16.5 Å². The van der Waals surface area contributed by atoms with Crippen molar-refractivity contribution in [3.8, 4) is 5.75 Å². The molecular formula is C22H22N2O3. The molecule has 2 aromatic carbocycles. The zero-order valence-corrected chi connectivity index (χ0v) is 14.9. The number of fused-ring (bicyclic) bond motifs is 1. The molecule has 2 heterocycles. The number of carboxylic acid groups (broad SMARTS) is 1. The van der Waals surface area contributed by atoms with E-state index in [-0.39, 0.29) is 0 Å². The summed E-state index contributed by atoms with van der Waals surface area (Å²) in [5.74, 6) is 0.348. The van der Waals surface area contributed by atoms with E-state index in [0.717, 1.165) is 36.7 Å². The predicted molar refractivity (Wildman–Crippen MR) is 106 cm³/mol. The van der Waals surface area contributed by atoms with Crippen molar-refractivity contribution >= 4 is 22.6 Å². The summed E-state index contributed by atoms with van der Waals surface area (Å²) in [5, 5.41) is 13.4. The maximum atomic E-state index is 10.8. The van der Waals surface area contributed by atoms with Crippen molar-refractivity contribution in [1.29, 1.82) is 0 Å². The highest BCUT2D eigenvalue weighted by atomic mass is 16.7. The fourth-order valence-corrected chi connectivity index (χ4v) is 3.72. The van der Waals surface area contributed by atoms with Crippen molar-refractivity contribution in [3.05, 3.63) is 71.9 Å². The van der Waals surface area contributed by atoms with Gasteiger partial charge in [-0.05, 0) is 54.2 Å². The van der Waals surface area contributed by atoms with Crippen molar-refractivity contribution in [2.45, 2.75) is 25.3 Å². The molecule has 1 aliphatic rings. The average molecular weight is 362 g/mol. The monoisotopic (exact) mass is 362 g/mol. The molecule has 0 aliphatic carbocycles. The van der Waals surface area contributed by atoms with Gasteiger partial charge in [0.25, 0.3) is 0 Å². The molecule has 0 radical (unpaired) electrons. The Hall–Kier alpha value is -3.05. The van der Waals surface area contributed by atoms with Gasteiger partial charge in [0.15, 0.2) is 0 Å². The predicted octanol–water partition coefficient (Wildman–Crippen LogP) is 4.60. The lowest BCUT2D eigenvalue weighted by Gasteiger charge is -2.24. The molecule has 0 saturated carbocycles. The zero-order chi connectivity index (χ0) is 18.6. The summed E-state index contributed by atoms with van der Waals surface area (Å²) in [6.45, 7) is 0.888. The Balaban J connectivity index is 1.44. The van der Waals surface area contributed by atoms with Gasteiger partial charge in [-0.2, -0.15) is 0 Å². The Bertz CT molecular complexity index is 976. The smallest absolute Gasteiger partial charge is 0.449 e. The summed E-state index contributed by atoms with van der Waals surface area (Å²) in [6, 6.07) is 16.3. The topological polar surface area (TPSA) is 74.3 Å². The molecule has 0 saturated heterocycles. The molecule has 4 rings (SSSR count). The van der Waals surface area contributed by atoms with E-state index in [2.05, 4.69) is 40.6 Å². The summed E-state index contributed by atoms with van der Waals surface area (Å²) in [4.78, 5) is 14.0. The number of benzene rings is 2. The van der Waals surface area contributed by atoms with Gasteiger partial charge in [-0.15, -0.1) is 0 Å². The second-order valence-electron chi connectivity index (χ2n) is 6.83. The van der Waals surface area contributed by atoms with Gasteiger partial charge in [-0.1, -0.05) is 36.4 Å². The zero-order valence-electron chi connectivity index (χ0n) is 14.9. The molecule has 138 valence electrons. The van der Waals surface area contributed by atoms with E-state index in [1.807, 2.05) is 18.3 Å². The molecule has 0 fully saturated rings. The van der Waals surface area contributed by atoms with Crippen molar-refractivity contribution in [1.82, 2.24) is 10.3 Å². The molecule has 3 aromatic rings. The highest BCUT2D eigenvalue weighted by Gasteiger charge is 2.17. The number of rotatable bonds is 5. The highest BCUT2D eigenvalue weighted by Crippen LogP contribution is 2.27. The van der Waals surface area contributed by atoms with E-state index in [1.54, 1.807) is 12.1 Å². The Labute approximate surface area is 157 Å². The van der Waals surface area contributed by atoms with Crippen LogP contribution in [-0.4, -0.2) is 28.8 Å². The second-order valence-corrected chi connectivity index (χ2v) is 6.83. The fraction of sp³-hybridized carbons (Fsp3) is 0.227. The van der Waals surface area contributed by atoms with Crippen LogP contribution in [0.5, 0.6) is 5.75 Å². The number of hydrogen-bond donors (Lipinski definition) is 3. The van der Waals surface area contributed by atoms with Crippen molar-refractivity contribution < 1.29 is 14.6 Å². The van der Waals surface area contributed by atoms with Gasteiger partial charge in [0.05, 0.1) is 0 Å². The minimum atomic E-state index is -1.29. The lowest BCUT2D eigenvalue weighted by Crippen LogP contribution is -2.33. The van der Waals surface area contributed by atoms with Crippen LogP contribution in [-0.2, 0) is 6.42 Å². The summed E-state index contributed by atoms with van der Waals surface area (Å²) >= 11 is 0. The van der Waals surface area contributed by atoms with E-state index in [1.165, 1.54) is 16.7 Å². The molecule has 27 heavy (non-hydrogen) atoms. The van der Waals surface area contributed by atoms with Gasteiger partial charge in [0.1, 0.15) is 5.75 Å². The molecule has 1 aromatic heterocycles. The molecule has 3 N–H and O–H groups in total. The number of aromatic nitrogens is 1. The van der Waals surface area contributed by atoms with Gasteiger partial charge in [0, 0.05) is 29.7 Å². The number of H-pyrrole nitrogens is 1. The number of aryl methyl sites for hydroxylation is 1. The molecule has 5 heteroatoms. The second kappa shape index (κ2) is 7.68. The van der Waals surface area contributed by atoms with Crippen LogP contribution in [0.2, 0.25) is 0 Å². The number of ether oxygens (including phenoxy) is 1. The van der Waals surface area contributed by atoms with Crippen LogP contribution in [0.15, 0.2) is 60.8 Å². The maximum Gasteiger partial charge on any atom is 0.511 e. The van der Waals surface area contributed by atoms with E-state index >= 15 is 0 Å². The number of carbonyl (C=O) groups is 1. The van der Waals surface area contributed by atoms with E-state index in [9.17, 15) is 4.79 Å². The Morgan fingerprint density at radius 1 is 1.19 bits per heavy atom. The minimum absolute atomic E-state index is 0.348. The highest BCUT2D eigenvalue weighted by molar-refractivity contribution is 5.85. The van der Waals surface area contributed by atoms with Crippen LogP contribution in [0.1, 0.15) is 24.0 Å². The third-order valence-electron chi connectivity index (χ3n) is 5.07. The van der Waals surface area contributed by atoms with Gasteiger partial charge in [-0.3, -0.25) is 0 Å². The van der Waals surface area contributed by atoms with Gasteiger partial charge in [-0.25, -0.2) is 4.79 Å². The largest absolute Gasteiger partial charge is 0.511 e. The van der Waals surface area contributed by atoms with Crippen molar-refractivity contribution in [2.75, 3.05) is 6.54 Å². The number of hydrogen-bond acceptors (Lipinski definition) is 3. The van der Waals surface area contributed by atoms with Crippen LogP contribution in [0.4, 0.5) is 4.79 Å². The fourth-order valence-electron chi connectivity index (χ4n) is 3.72. The molecule has 0 spiro atoms. The van der Waals surface area contributed by atoms with Gasteiger partial charge in [0.2, 0.25) is 0 Å². The molecule has 1 unspecified atom stereocenters. The van der Waals surface area contributed by atoms with Crippen LogP contribution in [0.3, 0.4) is 0 Å². The first-order chi connectivity index (χ1) is 13.2.